The molecule has 0 unspecified atom stereocenters. The van der Waals surface area contributed by atoms with Gasteiger partial charge in [0, 0.05) is 0 Å². The maximum atomic E-state index is 2.29. The molecule has 0 radical (unpaired) electrons. The van der Waals surface area contributed by atoms with Crippen molar-refractivity contribution in [2.45, 2.75) is 104 Å². The number of hydrogen-bond acceptors (Lipinski definition) is 0. The van der Waals surface area contributed by atoms with Crippen LogP contribution in [-0.2, 0) is 0 Å². The summed E-state index contributed by atoms with van der Waals surface area (Å²) in [6, 6.07) is 0. The lowest BCUT2D eigenvalue weighted by atomic mass is 9.68. The molecule has 0 spiro atoms. The van der Waals surface area contributed by atoms with E-state index in [-0.39, 0.29) is 0 Å². The second-order valence-electron chi connectivity index (χ2n) is 5.60. The summed E-state index contributed by atoms with van der Waals surface area (Å²) in [5, 5.41) is 0. The predicted octanol–water partition coefficient (Wildman–Crippen LogP) is 5.98. The first-order chi connectivity index (χ1) is 8.41. The average Bonchev–Trinajstić information content (AvgIpc) is 2.35. The van der Waals surface area contributed by atoms with E-state index >= 15 is 0 Å². The normalized spacial score (nSPS) is 10.7. The lowest BCUT2D eigenvalue weighted by Gasteiger charge is -2.01. The van der Waals surface area contributed by atoms with E-state index in [1.165, 1.54) is 97.0 Å². The minimum atomic E-state index is 1.37. The second kappa shape index (κ2) is 16.1. The summed E-state index contributed by atoms with van der Waals surface area (Å²) in [5.41, 5.74) is 0. The van der Waals surface area contributed by atoms with Gasteiger partial charge in [0.2, 0.25) is 0 Å². The van der Waals surface area contributed by atoms with Crippen molar-refractivity contribution in [2.75, 3.05) is 0 Å². The van der Waals surface area contributed by atoms with Gasteiger partial charge in [0.25, 0.3) is 0 Å². The smallest absolute Gasteiger partial charge is 0.0774 e. The van der Waals surface area contributed by atoms with E-state index in [9.17, 15) is 0 Å². The first-order valence-corrected chi connectivity index (χ1v) is 8.41. The Morgan fingerprint density at radius 1 is 0.471 bits per heavy atom. The Hall–Kier alpha value is 0.0649. The van der Waals surface area contributed by atoms with Crippen molar-refractivity contribution in [2.24, 2.45) is 0 Å². The zero-order chi connectivity index (χ0) is 12.6. The maximum Gasteiger partial charge on any atom is 0.120 e. The van der Waals surface area contributed by atoms with Gasteiger partial charge in [-0.1, -0.05) is 104 Å². The lowest BCUT2D eigenvalue weighted by Crippen LogP contribution is -1.90. The Bertz CT molecular complexity index is 109. The molecule has 0 saturated carbocycles. The van der Waals surface area contributed by atoms with E-state index < -0.39 is 0 Å². The van der Waals surface area contributed by atoms with Gasteiger partial charge in [0.1, 0.15) is 7.28 Å². The highest BCUT2D eigenvalue weighted by Crippen LogP contribution is 2.10. The third kappa shape index (κ3) is 16.1. The molecular weight excluding hydrogens is 203 g/mol. The Morgan fingerprint density at radius 2 is 0.824 bits per heavy atom. The molecule has 0 saturated heterocycles. The zero-order valence-corrected chi connectivity index (χ0v) is 12.6. The molecule has 0 aromatic heterocycles. The molecule has 0 aliphatic carbocycles. The van der Waals surface area contributed by atoms with Crippen molar-refractivity contribution in [1.29, 1.82) is 0 Å². The topological polar surface area (TPSA) is 0 Å². The average molecular weight is 238 g/mol. The number of hydrogen-bond donors (Lipinski definition) is 0. The van der Waals surface area contributed by atoms with Crippen molar-refractivity contribution < 1.29 is 0 Å². The zero-order valence-electron chi connectivity index (χ0n) is 12.6. The molecule has 0 aromatic rings. The van der Waals surface area contributed by atoms with Crippen LogP contribution >= 0.6 is 0 Å². The van der Waals surface area contributed by atoms with Gasteiger partial charge in [-0.25, -0.2) is 0 Å². The number of rotatable bonds is 14. The van der Waals surface area contributed by atoms with E-state index in [4.69, 9.17) is 0 Å². The van der Waals surface area contributed by atoms with Gasteiger partial charge in [0.05, 0.1) is 0 Å². The fraction of sp³-hybridized carbons (Fsp3) is 1.00. The first-order valence-electron chi connectivity index (χ1n) is 8.41. The molecule has 1 heteroatoms. The standard InChI is InChI=1S/C16H35B/c1-3-5-7-9-11-13-15-17-16-14-12-10-8-6-4-2/h17H,3-16H2,1-2H3. The molecule has 17 heavy (non-hydrogen) atoms. The highest BCUT2D eigenvalue weighted by Gasteiger charge is 1.94. The molecule has 0 amide bonds. The van der Waals surface area contributed by atoms with Crippen LogP contribution in [0.4, 0.5) is 0 Å². The molecule has 0 fully saturated rings. The van der Waals surface area contributed by atoms with E-state index in [1.54, 1.807) is 0 Å². The van der Waals surface area contributed by atoms with Gasteiger partial charge >= 0.3 is 0 Å². The third-order valence-electron chi connectivity index (χ3n) is 3.71. The molecule has 0 heterocycles. The molecular formula is C16H35B. The maximum absolute atomic E-state index is 2.29. The summed E-state index contributed by atoms with van der Waals surface area (Å²) in [6.07, 6.45) is 20.4. The van der Waals surface area contributed by atoms with E-state index in [0.717, 1.165) is 0 Å². The Kier molecular flexibility index (Phi) is 16.1. The molecule has 0 atom stereocenters. The van der Waals surface area contributed by atoms with E-state index in [2.05, 4.69) is 13.8 Å². The van der Waals surface area contributed by atoms with Crippen LogP contribution in [0.2, 0.25) is 12.6 Å². The molecule has 0 aliphatic heterocycles. The summed E-state index contributed by atoms with van der Waals surface area (Å²) in [7, 11) is 1.49. The molecule has 0 aliphatic rings. The largest absolute Gasteiger partial charge is 0.120 e. The first kappa shape index (κ1) is 17.1. The Morgan fingerprint density at radius 3 is 1.24 bits per heavy atom. The lowest BCUT2D eigenvalue weighted by molar-refractivity contribution is 0.618. The van der Waals surface area contributed by atoms with Crippen LogP contribution in [0.25, 0.3) is 0 Å². The van der Waals surface area contributed by atoms with Crippen LogP contribution < -0.4 is 0 Å². The summed E-state index contributed by atoms with van der Waals surface area (Å²) < 4.78 is 0. The molecule has 102 valence electrons. The van der Waals surface area contributed by atoms with Crippen LogP contribution in [0.3, 0.4) is 0 Å². The molecule has 0 aromatic carbocycles. The van der Waals surface area contributed by atoms with Crippen LogP contribution in [0.5, 0.6) is 0 Å². The van der Waals surface area contributed by atoms with Gasteiger partial charge in [-0.15, -0.1) is 0 Å². The molecule has 0 bridgehead atoms. The number of unbranched alkanes of at least 4 members (excludes halogenated alkanes) is 10. The third-order valence-corrected chi connectivity index (χ3v) is 3.71. The van der Waals surface area contributed by atoms with Gasteiger partial charge in [-0.3, -0.25) is 0 Å². The predicted molar refractivity (Wildman–Crippen MR) is 83.5 cm³/mol. The summed E-state index contributed by atoms with van der Waals surface area (Å²) in [4.78, 5) is 0. The van der Waals surface area contributed by atoms with Crippen molar-refractivity contribution in [3.63, 3.8) is 0 Å². The second-order valence-corrected chi connectivity index (χ2v) is 5.60. The van der Waals surface area contributed by atoms with Gasteiger partial charge < -0.3 is 0 Å². The Balaban J connectivity index is 2.85. The van der Waals surface area contributed by atoms with Crippen molar-refractivity contribution in [1.82, 2.24) is 0 Å². The van der Waals surface area contributed by atoms with Crippen LogP contribution in [0, 0.1) is 0 Å². The van der Waals surface area contributed by atoms with Crippen LogP contribution in [-0.4, -0.2) is 7.28 Å². The summed E-state index contributed by atoms with van der Waals surface area (Å²) in [5.74, 6) is 0. The summed E-state index contributed by atoms with van der Waals surface area (Å²) in [6.45, 7) is 4.58. The van der Waals surface area contributed by atoms with Gasteiger partial charge in [-0.2, -0.15) is 0 Å². The quantitative estimate of drug-likeness (QED) is 0.258. The minimum Gasteiger partial charge on any atom is -0.0774 e. The highest BCUT2D eigenvalue weighted by molar-refractivity contribution is 6.35. The highest BCUT2D eigenvalue weighted by atomic mass is 13.9. The van der Waals surface area contributed by atoms with Crippen molar-refractivity contribution >= 4 is 7.28 Å². The van der Waals surface area contributed by atoms with Crippen LogP contribution in [0.1, 0.15) is 90.9 Å². The molecule has 0 nitrogen and oxygen atoms in total. The fourth-order valence-corrected chi connectivity index (χ4v) is 2.44. The van der Waals surface area contributed by atoms with E-state index in [0.29, 0.717) is 0 Å². The summed E-state index contributed by atoms with van der Waals surface area (Å²) >= 11 is 0. The Labute approximate surface area is 111 Å². The molecule has 0 rings (SSSR count). The monoisotopic (exact) mass is 238 g/mol. The minimum absolute atomic E-state index is 1.37. The van der Waals surface area contributed by atoms with Crippen molar-refractivity contribution in [3.05, 3.63) is 0 Å². The van der Waals surface area contributed by atoms with Crippen LogP contribution in [0.15, 0.2) is 0 Å². The molecule has 0 N–H and O–H groups in total. The van der Waals surface area contributed by atoms with Crippen molar-refractivity contribution in [3.8, 4) is 0 Å². The van der Waals surface area contributed by atoms with Gasteiger partial charge in [0.15, 0.2) is 0 Å². The van der Waals surface area contributed by atoms with Gasteiger partial charge in [-0.05, 0) is 0 Å². The fourth-order valence-electron chi connectivity index (χ4n) is 2.44. The van der Waals surface area contributed by atoms with E-state index in [1.807, 2.05) is 0 Å². The SMILES string of the molecule is CCCCCCCCBCCCCCCCC.